The molecular formula is C26H30ClN3. The van der Waals surface area contributed by atoms with Crippen LogP contribution in [0.5, 0.6) is 0 Å². The van der Waals surface area contributed by atoms with Crippen LogP contribution in [-0.2, 0) is 0 Å². The van der Waals surface area contributed by atoms with Crippen molar-refractivity contribution >= 4 is 34.2 Å². The van der Waals surface area contributed by atoms with Crippen LogP contribution < -0.4 is 10.2 Å². The summed E-state index contributed by atoms with van der Waals surface area (Å²) < 4.78 is 0. The molecular weight excluding hydrogens is 390 g/mol. The molecule has 2 aromatic rings. The Morgan fingerprint density at radius 1 is 1.17 bits per heavy atom. The molecule has 1 fully saturated rings. The van der Waals surface area contributed by atoms with Crippen molar-refractivity contribution in [1.82, 2.24) is 4.90 Å². The molecule has 3 nitrogen and oxygen atoms in total. The lowest BCUT2D eigenvalue weighted by molar-refractivity contribution is 0.248. The fourth-order valence-electron chi connectivity index (χ4n) is 4.34. The first-order valence-electron chi connectivity index (χ1n) is 10.5. The van der Waals surface area contributed by atoms with E-state index in [9.17, 15) is 0 Å². The molecule has 1 saturated heterocycles. The van der Waals surface area contributed by atoms with E-state index in [1.807, 2.05) is 26.1 Å². The van der Waals surface area contributed by atoms with E-state index >= 15 is 0 Å². The summed E-state index contributed by atoms with van der Waals surface area (Å²) >= 11 is 6.35. The molecule has 0 spiro atoms. The van der Waals surface area contributed by atoms with Crippen LogP contribution in [0.1, 0.15) is 29.5 Å². The van der Waals surface area contributed by atoms with Gasteiger partial charge >= 0.3 is 0 Å². The molecule has 30 heavy (non-hydrogen) atoms. The highest BCUT2D eigenvalue weighted by Crippen LogP contribution is 2.40. The van der Waals surface area contributed by atoms with Crippen molar-refractivity contribution in [2.24, 2.45) is 5.92 Å². The van der Waals surface area contributed by atoms with Crippen molar-refractivity contribution < 1.29 is 0 Å². The number of rotatable bonds is 4. The van der Waals surface area contributed by atoms with Gasteiger partial charge in [-0.1, -0.05) is 36.9 Å². The molecule has 0 radical (unpaired) electrons. The molecule has 0 amide bonds. The van der Waals surface area contributed by atoms with Crippen LogP contribution in [0.3, 0.4) is 0 Å². The number of fused-ring (bicyclic) bond motifs is 1. The number of anilines is 2. The molecule has 2 aromatic carbocycles. The Kier molecular flexibility index (Phi) is 5.77. The Balaban J connectivity index is 1.65. The largest absolute Gasteiger partial charge is 0.356 e. The Morgan fingerprint density at radius 3 is 2.60 bits per heavy atom. The summed E-state index contributed by atoms with van der Waals surface area (Å²) in [5.74, 6) is 0.566. The van der Waals surface area contributed by atoms with Crippen LogP contribution in [0.4, 0.5) is 11.4 Å². The number of nitrogens with zero attached hydrogens (tertiary/aromatic N) is 2. The molecule has 0 bridgehead atoms. The second-order valence-electron chi connectivity index (χ2n) is 8.53. The standard InChI is InChI=1S/C26H30ClN3/c1-17-6-8-22(16-25(17)27)30(5)19(3)21-7-9-26-24(15-21)23(14-18(2)28-26)20-10-12-29(4)13-11-20/h6-9,14-16,20,28H,2-3,10-13H2,1,4-5H3. The summed E-state index contributed by atoms with van der Waals surface area (Å²) in [5.41, 5.74) is 8.94. The first-order valence-corrected chi connectivity index (χ1v) is 10.9. The Hall–Kier alpha value is -2.49. The molecule has 0 atom stereocenters. The third-order valence-electron chi connectivity index (χ3n) is 6.39. The molecule has 2 aliphatic heterocycles. The smallest absolute Gasteiger partial charge is 0.0461 e. The van der Waals surface area contributed by atoms with Crippen LogP contribution in [-0.4, -0.2) is 32.1 Å². The number of aryl methyl sites for hydroxylation is 1. The van der Waals surface area contributed by atoms with Gasteiger partial charge in [0, 0.05) is 40.4 Å². The minimum absolute atomic E-state index is 0.566. The number of hydrogen-bond acceptors (Lipinski definition) is 3. The summed E-state index contributed by atoms with van der Waals surface area (Å²) in [4.78, 5) is 4.51. The van der Waals surface area contributed by atoms with Gasteiger partial charge in [0.15, 0.2) is 0 Å². The van der Waals surface area contributed by atoms with E-state index in [0.29, 0.717) is 5.92 Å². The van der Waals surface area contributed by atoms with E-state index in [0.717, 1.165) is 52.0 Å². The van der Waals surface area contributed by atoms with Gasteiger partial charge in [-0.2, -0.15) is 0 Å². The third kappa shape index (κ3) is 4.05. The zero-order valence-electron chi connectivity index (χ0n) is 18.1. The van der Waals surface area contributed by atoms with Crippen molar-refractivity contribution in [2.45, 2.75) is 19.8 Å². The summed E-state index contributed by atoms with van der Waals surface area (Å²) in [5, 5.41) is 4.21. The fourth-order valence-corrected chi connectivity index (χ4v) is 4.52. The average molecular weight is 420 g/mol. The second-order valence-corrected chi connectivity index (χ2v) is 8.93. The Bertz CT molecular complexity index is 1030. The van der Waals surface area contributed by atoms with Crippen molar-refractivity contribution in [3.05, 3.63) is 83.0 Å². The minimum atomic E-state index is 0.566. The quantitative estimate of drug-likeness (QED) is 0.616. The Labute approximate surface area is 185 Å². The van der Waals surface area contributed by atoms with Crippen molar-refractivity contribution in [1.29, 1.82) is 0 Å². The lowest BCUT2D eigenvalue weighted by Gasteiger charge is -2.33. The third-order valence-corrected chi connectivity index (χ3v) is 6.80. The molecule has 0 unspecified atom stereocenters. The monoisotopic (exact) mass is 419 g/mol. The number of piperidine rings is 1. The van der Waals surface area contributed by atoms with Gasteiger partial charge < -0.3 is 15.1 Å². The van der Waals surface area contributed by atoms with Gasteiger partial charge in [0.2, 0.25) is 0 Å². The lowest BCUT2D eigenvalue weighted by Crippen LogP contribution is -2.31. The maximum absolute atomic E-state index is 6.35. The first kappa shape index (κ1) is 20.8. The number of benzene rings is 2. The predicted molar refractivity (Wildman–Crippen MR) is 131 cm³/mol. The number of nitrogens with one attached hydrogen (secondary N) is 1. The normalized spacial score (nSPS) is 17.2. The molecule has 1 N–H and O–H groups in total. The molecule has 156 valence electrons. The van der Waals surface area contributed by atoms with Crippen LogP contribution in [0, 0.1) is 12.8 Å². The van der Waals surface area contributed by atoms with E-state index in [4.69, 9.17) is 11.6 Å². The minimum Gasteiger partial charge on any atom is -0.356 e. The number of likely N-dealkylation sites (tertiary alicyclic amines) is 1. The van der Waals surface area contributed by atoms with Gasteiger partial charge in [0.25, 0.3) is 0 Å². The van der Waals surface area contributed by atoms with Gasteiger partial charge in [0.05, 0.1) is 0 Å². The maximum Gasteiger partial charge on any atom is 0.0461 e. The van der Waals surface area contributed by atoms with Crippen LogP contribution >= 0.6 is 11.6 Å². The molecule has 0 aromatic heterocycles. The second kappa shape index (κ2) is 8.33. The number of allylic oxidation sites excluding steroid dienone is 2. The van der Waals surface area contributed by atoms with Crippen molar-refractivity contribution in [2.75, 3.05) is 37.4 Å². The predicted octanol–water partition coefficient (Wildman–Crippen LogP) is 6.42. The zero-order chi connectivity index (χ0) is 21.4. The van der Waals surface area contributed by atoms with Gasteiger partial charge in [0.1, 0.15) is 0 Å². The van der Waals surface area contributed by atoms with E-state index in [-0.39, 0.29) is 0 Å². The van der Waals surface area contributed by atoms with Crippen molar-refractivity contribution in [3.8, 4) is 0 Å². The van der Waals surface area contributed by atoms with Gasteiger partial charge in [-0.3, -0.25) is 0 Å². The van der Waals surface area contributed by atoms with Crippen molar-refractivity contribution in [3.63, 3.8) is 0 Å². The molecule has 2 aliphatic rings. The fraction of sp³-hybridized carbons (Fsp3) is 0.308. The highest BCUT2D eigenvalue weighted by molar-refractivity contribution is 6.31. The molecule has 0 saturated carbocycles. The SMILES string of the molecule is C=C1C=C(C2CCN(C)CC2)c2cc(C(=C)N(C)c3ccc(C)c(Cl)c3)ccc2N1. The maximum atomic E-state index is 6.35. The van der Waals surface area contributed by atoms with E-state index in [2.05, 4.69) is 65.7 Å². The summed E-state index contributed by atoms with van der Waals surface area (Å²) in [6.07, 6.45) is 4.60. The van der Waals surface area contributed by atoms with E-state index < -0.39 is 0 Å². The van der Waals surface area contributed by atoms with Crippen LogP contribution in [0.25, 0.3) is 11.3 Å². The van der Waals surface area contributed by atoms with Crippen LogP contribution in [0.15, 0.2) is 61.3 Å². The van der Waals surface area contributed by atoms with E-state index in [1.54, 1.807) is 0 Å². The summed E-state index contributed by atoms with van der Waals surface area (Å²) in [6.45, 7) is 12.9. The van der Waals surface area contributed by atoms with Gasteiger partial charge in [-0.15, -0.1) is 0 Å². The highest BCUT2D eigenvalue weighted by atomic mass is 35.5. The molecule has 4 heteroatoms. The zero-order valence-corrected chi connectivity index (χ0v) is 18.9. The topological polar surface area (TPSA) is 18.5 Å². The molecule has 0 aliphatic carbocycles. The summed E-state index contributed by atoms with van der Waals surface area (Å²) in [7, 11) is 4.24. The van der Waals surface area contributed by atoms with Gasteiger partial charge in [-0.25, -0.2) is 0 Å². The lowest BCUT2D eigenvalue weighted by atomic mass is 9.82. The molecule has 4 rings (SSSR count). The average Bonchev–Trinajstić information content (AvgIpc) is 2.74. The number of hydrogen-bond donors (Lipinski definition) is 1. The number of halogens is 1. The van der Waals surface area contributed by atoms with E-state index in [1.165, 1.54) is 24.0 Å². The Morgan fingerprint density at radius 2 is 1.90 bits per heavy atom. The first-order chi connectivity index (χ1) is 14.3. The van der Waals surface area contributed by atoms with Gasteiger partial charge in [-0.05, 0) is 92.9 Å². The highest BCUT2D eigenvalue weighted by Gasteiger charge is 2.26. The van der Waals surface area contributed by atoms with Crippen LogP contribution in [0.2, 0.25) is 5.02 Å². The summed E-state index contributed by atoms with van der Waals surface area (Å²) in [6, 6.07) is 12.7. The molecule has 2 heterocycles.